The van der Waals surface area contributed by atoms with Crippen molar-refractivity contribution in [1.29, 1.82) is 0 Å². The molecule has 4 rings (SSSR count). The molecule has 4 heterocycles. The van der Waals surface area contributed by atoms with E-state index in [1.54, 1.807) is 23.0 Å². The van der Waals surface area contributed by atoms with Gasteiger partial charge in [-0.15, -0.1) is 0 Å². The minimum Gasteiger partial charge on any atom is -0.369 e. The lowest BCUT2D eigenvalue weighted by atomic mass is 9.93. The number of nitrogens with one attached hydrogen (secondary N) is 1. The minimum absolute atomic E-state index is 0.0435. The molecular formula is C21H26N6O2. The number of hydrogen-bond acceptors (Lipinski definition) is 5. The number of amides is 1. The van der Waals surface area contributed by atoms with Crippen molar-refractivity contribution in [2.75, 3.05) is 11.9 Å². The predicted molar refractivity (Wildman–Crippen MR) is 111 cm³/mol. The van der Waals surface area contributed by atoms with Crippen molar-refractivity contribution in [3.63, 3.8) is 0 Å². The van der Waals surface area contributed by atoms with Crippen molar-refractivity contribution in [3.05, 3.63) is 58.8 Å². The molecule has 2 atom stereocenters. The van der Waals surface area contributed by atoms with E-state index in [0.717, 1.165) is 5.56 Å². The molecule has 0 bridgehead atoms. The van der Waals surface area contributed by atoms with Gasteiger partial charge in [0.2, 0.25) is 5.91 Å². The first kappa shape index (κ1) is 19.2. The zero-order chi connectivity index (χ0) is 20.8. The summed E-state index contributed by atoms with van der Waals surface area (Å²) in [5, 5.41) is 7.59. The number of likely N-dealkylation sites (tertiary alicyclic amines) is 1. The number of aromatic nitrogens is 4. The average Bonchev–Trinajstić information content (AvgIpc) is 3.22. The molecule has 3 aromatic rings. The number of nitrogens with zero attached hydrogens (tertiary/aromatic N) is 5. The van der Waals surface area contributed by atoms with Gasteiger partial charge in [0, 0.05) is 55.5 Å². The van der Waals surface area contributed by atoms with Gasteiger partial charge in [-0.25, -0.2) is 4.98 Å². The number of carbonyl (C=O) groups is 1. The van der Waals surface area contributed by atoms with Crippen LogP contribution >= 0.6 is 0 Å². The second-order valence-electron chi connectivity index (χ2n) is 8.58. The van der Waals surface area contributed by atoms with Gasteiger partial charge >= 0.3 is 0 Å². The molecule has 1 aliphatic heterocycles. The van der Waals surface area contributed by atoms with Crippen molar-refractivity contribution in [2.24, 2.45) is 13.0 Å². The highest BCUT2D eigenvalue weighted by Crippen LogP contribution is 2.42. The fourth-order valence-corrected chi connectivity index (χ4v) is 4.17. The van der Waals surface area contributed by atoms with Gasteiger partial charge in [-0.3, -0.25) is 18.7 Å². The molecule has 0 radical (unpaired) electrons. The molecule has 8 nitrogen and oxygen atoms in total. The Balaban J connectivity index is 1.62. The van der Waals surface area contributed by atoms with Crippen LogP contribution in [-0.2, 0) is 11.8 Å². The highest BCUT2D eigenvalue weighted by Gasteiger charge is 2.45. The molecule has 8 heteroatoms. The second-order valence-corrected chi connectivity index (χ2v) is 8.58. The van der Waals surface area contributed by atoms with E-state index in [1.165, 1.54) is 10.5 Å². The number of pyridine rings is 1. The quantitative estimate of drug-likeness (QED) is 0.734. The van der Waals surface area contributed by atoms with Crippen LogP contribution in [0.4, 0.5) is 5.82 Å². The normalized spacial score (nSPS) is 19.9. The highest BCUT2D eigenvalue weighted by atomic mass is 16.2. The van der Waals surface area contributed by atoms with Crippen molar-refractivity contribution < 1.29 is 4.79 Å². The van der Waals surface area contributed by atoms with Crippen molar-refractivity contribution in [2.45, 2.75) is 38.8 Å². The average molecular weight is 394 g/mol. The maximum atomic E-state index is 12.9. The topological polar surface area (TPSA) is 84.5 Å². The standard InChI is InChI=1S/C21H26N6O2/c1-21(2,3)27-19(29)9-14(20(27)15-12-23-25(4)13-15)11-22-16-10-18(28)26-8-6-5-7-17(26)24-16/h5-8,10,12-14,20,22H,9,11H2,1-4H3/t14-,20+/m0/s1. The van der Waals surface area contributed by atoms with E-state index in [1.807, 2.05) is 30.4 Å². The van der Waals surface area contributed by atoms with Crippen LogP contribution in [0.2, 0.25) is 0 Å². The third-order valence-electron chi connectivity index (χ3n) is 5.34. The summed E-state index contributed by atoms with van der Waals surface area (Å²) in [6.45, 7) is 6.69. The van der Waals surface area contributed by atoms with E-state index in [0.29, 0.717) is 24.4 Å². The van der Waals surface area contributed by atoms with Gasteiger partial charge in [-0.05, 0) is 32.9 Å². The van der Waals surface area contributed by atoms with E-state index in [-0.39, 0.29) is 29.0 Å². The first-order valence-corrected chi connectivity index (χ1v) is 9.77. The first-order valence-electron chi connectivity index (χ1n) is 9.77. The smallest absolute Gasteiger partial charge is 0.259 e. The Hall–Kier alpha value is -3.16. The van der Waals surface area contributed by atoms with E-state index < -0.39 is 0 Å². The summed E-state index contributed by atoms with van der Waals surface area (Å²) in [5.74, 6) is 0.694. The molecule has 1 amide bonds. The summed E-state index contributed by atoms with van der Waals surface area (Å²) in [6.07, 6.45) is 5.94. The molecule has 0 unspecified atom stereocenters. The Morgan fingerprint density at radius 3 is 2.72 bits per heavy atom. The summed E-state index contributed by atoms with van der Waals surface area (Å²) in [5.41, 5.74) is 1.17. The number of hydrogen-bond donors (Lipinski definition) is 1. The Kier molecular flexibility index (Phi) is 4.64. The number of fused-ring (bicyclic) bond motifs is 1. The molecule has 3 aromatic heterocycles. The summed E-state index contributed by atoms with van der Waals surface area (Å²) >= 11 is 0. The largest absolute Gasteiger partial charge is 0.369 e. The van der Waals surface area contributed by atoms with Gasteiger partial charge in [-0.2, -0.15) is 5.10 Å². The molecule has 1 N–H and O–H groups in total. The summed E-state index contributed by atoms with van der Waals surface area (Å²) in [7, 11) is 1.88. The molecule has 0 aromatic carbocycles. The van der Waals surface area contributed by atoms with E-state index >= 15 is 0 Å². The molecule has 29 heavy (non-hydrogen) atoms. The van der Waals surface area contributed by atoms with E-state index in [4.69, 9.17) is 0 Å². The van der Waals surface area contributed by atoms with Crippen LogP contribution in [0, 0.1) is 5.92 Å². The van der Waals surface area contributed by atoms with Crippen molar-refractivity contribution >= 4 is 17.4 Å². The van der Waals surface area contributed by atoms with Crippen LogP contribution in [0.5, 0.6) is 0 Å². The maximum Gasteiger partial charge on any atom is 0.259 e. The minimum atomic E-state index is -0.299. The highest BCUT2D eigenvalue weighted by molar-refractivity contribution is 5.80. The Labute approximate surface area is 169 Å². The van der Waals surface area contributed by atoms with Crippen LogP contribution in [-0.4, -0.2) is 42.1 Å². The van der Waals surface area contributed by atoms with Gasteiger partial charge < -0.3 is 10.2 Å². The SMILES string of the molecule is Cn1cc([C@H]2[C@H](CNc3cc(=O)n4ccccc4n3)CC(=O)N2C(C)(C)C)cn1. The molecular weight excluding hydrogens is 368 g/mol. The van der Waals surface area contributed by atoms with Crippen molar-refractivity contribution in [3.8, 4) is 0 Å². The second kappa shape index (κ2) is 7.02. The lowest BCUT2D eigenvalue weighted by molar-refractivity contribution is -0.133. The Morgan fingerprint density at radius 2 is 2.03 bits per heavy atom. The monoisotopic (exact) mass is 394 g/mol. The number of aryl methyl sites for hydroxylation is 1. The van der Waals surface area contributed by atoms with E-state index in [9.17, 15) is 9.59 Å². The van der Waals surface area contributed by atoms with Gasteiger partial charge in [0.15, 0.2) is 0 Å². The van der Waals surface area contributed by atoms with Crippen LogP contribution < -0.4 is 10.9 Å². The summed E-state index contributed by atoms with van der Waals surface area (Å²) < 4.78 is 3.26. The fraction of sp³-hybridized carbons (Fsp3) is 0.429. The van der Waals surface area contributed by atoms with Crippen molar-refractivity contribution in [1.82, 2.24) is 24.1 Å². The lowest BCUT2D eigenvalue weighted by Crippen LogP contribution is -2.44. The van der Waals surface area contributed by atoms with Gasteiger partial charge in [-0.1, -0.05) is 6.07 Å². The maximum absolute atomic E-state index is 12.9. The van der Waals surface area contributed by atoms with Crippen LogP contribution in [0.3, 0.4) is 0 Å². The summed E-state index contributed by atoms with van der Waals surface area (Å²) in [6, 6.07) is 6.86. The van der Waals surface area contributed by atoms with Crippen LogP contribution in [0.15, 0.2) is 47.7 Å². The summed E-state index contributed by atoms with van der Waals surface area (Å²) in [4.78, 5) is 31.7. The Morgan fingerprint density at radius 1 is 1.24 bits per heavy atom. The third-order valence-corrected chi connectivity index (χ3v) is 5.34. The molecule has 1 aliphatic rings. The van der Waals surface area contributed by atoms with Crippen LogP contribution in [0.25, 0.3) is 5.65 Å². The van der Waals surface area contributed by atoms with Gasteiger partial charge in [0.1, 0.15) is 11.5 Å². The third kappa shape index (κ3) is 3.62. The fourth-order valence-electron chi connectivity index (χ4n) is 4.17. The molecule has 1 fully saturated rings. The molecule has 152 valence electrons. The molecule has 0 aliphatic carbocycles. The predicted octanol–water partition coefficient (Wildman–Crippen LogP) is 2.23. The zero-order valence-electron chi connectivity index (χ0n) is 17.2. The van der Waals surface area contributed by atoms with Crippen LogP contribution in [0.1, 0.15) is 38.8 Å². The molecule has 1 saturated heterocycles. The van der Waals surface area contributed by atoms with Gasteiger partial charge in [0.25, 0.3) is 5.56 Å². The lowest BCUT2D eigenvalue weighted by Gasteiger charge is -2.38. The van der Waals surface area contributed by atoms with E-state index in [2.05, 4.69) is 36.2 Å². The molecule has 0 saturated carbocycles. The van der Waals surface area contributed by atoms with Gasteiger partial charge in [0.05, 0.1) is 12.2 Å². The number of rotatable bonds is 4. The zero-order valence-corrected chi connectivity index (χ0v) is 17.2. The Bertz CT molecular complexity index is 1110. The number of carbonyl (C=O) groups excluding carboxylic acids is 1. The number of anilines is 1. The molecule has 0 spiro atoms. The first-order chi connectivity index (χ1) is 13.7.